The third-order valence-electron chi connectivity index (χ3n) is 3.62. The Morgan fingerprint density at radius 3 is 2.14 bits per heavy atom. The van der Waals surface area contributed by atoms with Crippen molar-refractivity contribution in [3.05, 3.63) is 0 Å². The van der Waals surface area contributed by atoms with Gasteiger partial charge in [-0.3, -0.25) is 0 Å². The quantitative estimate of drug-likeness (QED) is 0.684. The van der Waals surface area contributed by atoms with Gasteiger partial charge in [-0.1, -0.05) is 34.6 Å². The van der Waals surface area contributed by atoms with E-state index < -0.39 is 0 Å². The molecule has 1 saturated carbocycles. The third-order valence-corrected chi connectivity index (χ3v) is 3.62. The van der Waals surface area contributed by atoms with Gasteiger partial charge in [0.1, 0.15) is 0 Å². The smallest absolute Gasteiger partial charge is 0.0568 e. The summed E-state index contributed by atoms with van der Waals surface area (Å²) in [5.41, 5.74) is 0.431. The second-order valence-corrected chi connectivity index (χ2v) is 6.52. The molecule has 0 aromatic carbocycles. The van der Waals surface area contributed by atoms with Gasteiger partial charge < -0.3 is 5.11 Å². The molecular weight excluding hydrogens is 172 g/mol. The first-order valence-corrected chi connectivity index (χ1v) is 5.97. The highest BCUT2D eigenvalue weighted by atomic mass is 16.3. The van der Waals surface area contributed by atoms with E-state index >= 15 is 0 Å². The zero-order valence-corrected chi connectivity index (χ0v) is 10.4. The Balaban J connectivity index is 2.53. The van der Waals surface area contributed by atoms with Crippen LogP contribution in [0, 0.1) is 23.2 Å². The molecule has 0 heterocycles. The van der Waals surface area contributed by atoms with E-state index in [1.807, 2.05) is 0 Å². The summed E-state index contributed by atoms with van der Waals surface area (Å²) < 4.78 is 0. The summed E-state index contributed by atoms with van der Waals surface area (Å²) in [6, 6.07) is 0. The van der Waals surface area contributed by atoms with E-state index in [1.54, 1.807) is 0 Å². The predicted molar refractivity (Wildman–Crippen MR) is 61.1 cm³/mol. The summed E-state index contributed by atoms with van der Waals surface area (Å²) in [4.78, 5) is 0. The number of hydrogen-bond acceptors (Lipinski definition) is 1. The van der Waals surface area contributed by atoms with Crippen LogP contribution in [-0.2, 0) is 0 Å². The average molecular weight is 198 g/mol. The number of aliphatic hydroxyl groups excluding tert-OH is 1. The molecule has 0 spiro atoms. The van der Waals surface area contributed by atoms with Gasteiger partial charge in [-0.15, -0.1) is 0 Å². The first-order chi connectivity index (χ1) is 6.29. The molecule has 1 aliphatic rings. The van der Waals surface area contributed by atoms with Gasteiger partial charge in [0, 0.05) is 0 Å². The van der Waals surface area contributed by atoms with Gasteiger partial charge >= 0.3 is 0 Å². The molecule has 0 aliphatic heterocycles. The number of rotatable bonds is 1. The van der Waals surface area contributed by atoms with E-state index in [0.29, 0.717) is 17.3 Å². The van der Waals surface area contributed by atoms with Gasteiger partial charge in [0.25, 0.3) is 0 Å². The van der Waals surface area contributed by atoms with Gasteiger partial charge in [-0.2, -0.15) is 0 Å². The van der Waals surface area contributed by atoms with E-state index in [2.05, 4.69) is 34.6 Å². The number of aliphatic hydroxyl groups is 1. The molecule has 1 rings (SSSR count). The highest BCUT2D eigenvalue weighted by Crippen LogP contribution is 2.40. The second-order valence-electron chi connectivity index (χ2n) is 6.52. The van der Waals surface area contributed by atoms with Gasteiger partial charge in [-0.25, -0.2) is 0 Å². The molecule has 1 aliphatic carbocycles. The van der Waals surface area contributed by atoms with Crippen molar-refractivity contribution < 1.29 is 5.11 Å². The Morgan fingerprint density at radius 2 is 1.64 bits per heavy atom. The van der Waals surface area contributed by atoms with Crippen LogP contribution >= 0.6 is 0 Å². The van der Waals surface area contributed by atoms with Crippen LogP contribution in [0.15, 0.2) is 0 Å². The van der Waals surface area contributed by atoms with Crippen molar-refractivity contribution in [2.24, 2.45) is 23.2 Å². The molecule has 0 amide bonds. The zero-order chi connectivity index (χ0) is 10.9. The fourth-order valence-electron chi connectivity index (χ4n) is 2.74. The van der Waals surface area contributed by atoms with Crippen molar-refractivity contribution in [2.75, 3.05) is 0 Å². The molecule has 0 radical (unpaired) electrons. The Kier molecular flexibility index (Phi) is 3.63. The molecule has 4 unspecified atom stereocenters. The van der Waals surface area contributed by atoms with E-state index in [0.717, 1.165) is 12.3 Å². The van der Waals surface area contributed by atoms with Crippen LogP contribution in [0.3, 0.4) is 0 Å². The minimum absolute atomic E-state index is 0.0544. The van der Waals surface area contributed by atoms with Crippen molar-refractivity contribution in [3.63, 3.8) is 0 Å². The molecular formula is C13H26O. The van der Waals surface area contributed by atoms with Crippen LogP contribution in [0.2, 0.25) is 0 Å². The molecule has 84 valence electrons. The molecule has 0 bridgehead atoms. The minimum atomic E-state index is -0.0544. The Morgan fingerprint density at radius 1 is 1.07 bits per heavy atom. The topological polar surface area (TPSA) is 20.2 Å². The van der Waals surface area contributed by atoms with Crippen LogP contribution in [0.1, 0.15) is 53.9 Å². The standard InChI is InChI=1S/C13H26O/c1-9-7-12(14)10(2)6-11(9)8-13(3,4)5/h9-12,14H,6-8H2,1-5H3. The molecule has 1 N–H and O–H groups in total. The van der Waals surface area contributed by atoms with Crippen molar-refractivity contribution in [3.8, 4) is 0 Å². The van der Waals surface area contributed by atoms with Gasteiger partial charge in [0.15, 0.2) is 0 Å². The third kappa shape index (κ3) is 3.27. The summed E-state index contributed by atoms with van der Waals surface area (Å²) in [6.07, 6.45) is 3.45. The molecule has 1 nitrogen and oxygen atoms in total. The maximum absolute atomic E-state index is 9.76. The SMILES string of the molecule is CC1CC(CC(C)(C)C)C(C)CC1O. The average Bonchev–Trinajstić information content (AvgIpc) is 1.97. The summed E-state index contributed by atoms with van der Waals surface area (Å²) in [5, 5.41) is 9.76. The van der Waals surface area contributed by atoms with Gasteiger partial charge in [0.05, 0.1) is 6.10 Å². The first-order valence-electron chi connectivity index (χ1n) is 5.97. The fraction of sp³-hybridized carbons (Fsp3) is 1.00. The first kappa shape index (κ1) is 12.0. The lowest BCUT2D eigenvalue weighted by Crippen LogP contribution is -2.34. The lowest BCUT2D eigenvalue weighted by molar-refractivity contribution is 0.0163. The molecule has 0 aromatic rings. The largest absolute Gasteiger partial charge is 0.393 e. The van der Waals surface area contributed by atoms with Crippen LogP contribution in [0.5, 0.6) is 0 Å². The molecule has 14 heavy (non-hydrogen) atoms. The molecule has 1 fully saturated rings. The summed E-state index contributed by atoms with van der Waals surface area (Å²) in [7, 11) is 0. The lowest BCUT2D eigenvalue weighted by atomic mass is 9.68. The van der Waals surface area contributed by atoms with Crippen molar-refractivity contribution >= 4 is 0 Å². The van der Waals surface area contributed by atoms with E-state index in [-0.39, 0.29) is 6.10 Å². The van der Waals surface area contributed by atoms with Crippen LogP contribution in [0.25, 0.3) is 0 Å². The minimum Gasteiger partial charge on any atom is -0.393 e. The highest BCUT2D eigenvalue weighted by molar-refractivity contribution is 4.84. The van der Waals surface area contributed by atoms with Crippen molar-refractivity contribution in [1.29, 1.82) is 0 Å². The zero-order valence-electron chi connectivity index (χ0n) is 10.4. The molecule has 1 heteroatoms. The lowest BCUT2D eigenvalue weighted by Gasteiger charge is -2.39. The van der Waals surface area contributed by atoms with Crippen LogP contribution < -0.4 is 0 Å². The predicted octanol–water partition coefficient (Wildman–Crippen LogP) is 3.47. The normalized spacial score (nSPS) is 39.9. The summed E-state index contributed by atoms with van der Waals surface area (Å²) >= 11 is 0. The monoisotopic (exact) mass is 198 g/mol. The molecule has 0 aromatic heterocycles. The fourth-order valence-corrected chi connectivity index (χ4v) is 2.74. The summed E-state index contributed by atoms with van der Waals surface area (Å²) in [6.45, 7) is 11.4. The Hall–Kier alpha value is -0.0400. The maximum atomic E-state index is 9.76. The Bertz CT molecular complexity index is 180. The second kappa shape index (κ2) is 4.22. The van der Waals surface area contributed by atoms with E-state index in [1.165, 1.54) is 12.8 Å². The van der Waals surface area contributed by atoms with E-state index in [4.69, 9.17) is 0 Å². The van der Waals surface area contributed by atoms with E-state index in [9.17, 15) is 5.11 Å². The van der Waals surface area contributed by atoms with Gasteiger partial charge in [0.2, 0.25) is 0 Å². The van der Waals surface area contributed by atoms with Gasteiger partial charge in [-0.05, 0) is 42.4 Å². The molecule has 0 saturated heterocycles. The van der Waals surface area contributed by atoms with Crippen LogP contribution in [-0.4, -0.2) is 11.2 Å². The highest BCUT2D eigenvalue weighted by Gasteiger charge is 2.33. The van der Waals surface area contributed by atoms with Crippen LogP contribution in [0.4, 0.5) is 0 Å². The summed E-state index contributed by atoms with van der Waals surface area (Å²) in [5.74, 6) is 2.01. The van der Waals surface area contributed by atoms with Crippen molar-refractivity contribution in [1.82, 2.24) is 0 Å². The Labute approximate surface area is 88.9 Å². The number of hydrogen-bond donors (Lipinski definition) is 1. The maximum Gasteiger partial charge on any atom is 0.0568 e. The molecule has 4 atom stereocenters. The van der Waals surface area contributed by atoms with Crippen molar-refractivity contribution in [2.45, 2.75) is 60.0 Å².